The van der Waals surface area contributed by atoms with Gasteiger partial charge in [0, 0.05) is 24.4 Å². The summed E-state index contributed by atoms with van der Waals surface area (Å²) in [5, 5.41) is 7.65. The molecule has 0 saturated carbocycles. The molecule has 2 aromatic carbocycles. The van der Waals surface area contributed by atoms with Crippen molar-refractivity contribution in [3.63, 3.8) is 0 Å². The van der Waals surface area contributed by atoms with E-state index in [1.807, 2.05) is 60.1 Å². The Morgan fingerprint density at radius 3 is 2.59 bits per heavy atom. The van der Waals surface area contributed by atoms with Gasteiger partial charge in [0.1, 0.15) is 0 Å². The SMILES string of the molecule is C[C@H](OCCCNC(=O)c1nn(-c2ccccc2)c2c1CCC2)c1ccccc1. The second kappa shape index (κ2) is 9.05. The van der Waals surface area contributed by atoms with Gasteiger partial charge in [-0.1, -0.05) is 48.5 Å². The molecular weight excluding hydrogens is 362 g/mol. The number of ether oxygens (including phenoxy) is 1. The predicted molar refractivity (Wildman–Crippen MR) is 113 cm³/mol. The Balaban J connectivity index is 1.31. The number of aromatic nitrogens is 2. The van der Waals surface area contributed by atoms with Crippen molar-refractivity contribution in [2.75, 3.05) is 13.2 Å². The minimum atomic E-state index is -0.0889. The van der Waals surface area contributed by atoms with Crippen LogP contribution in [0.15, 0.2) is 60.7 Å². The first kappa shape index (κ1) is 19.4. The number of nitrogens with one attached hydrogen (secondary N) is 1. The molecule has 4 rings (SSSR count). The van der Waals surface area contributed by atoms with Gasteiger partial charge >= 0.3 is 0 Å². The Labute approximate surface area is 171 Å². The number of hydrogen-bond acceptors (Lipinski definition) is 3. The second-order valence-electron chi connectivity index (χ2n) is 7.41. The maximum absolute atomic E-state index is 12.7. The Bertz CT molecular complexity index is 951. The van der Waals surface area contributed by atoms with Gasteiger partial charge in [0.2, 0.25) is 0 Å². The molecule has 3 aromatic rings. The van der Waals surface area contributed by atoms with Crippen LogP contribution in [-0.4, -0.2) is 28.8 Å². The van der Waals surface area contributed by atoms with Gasteiger partial charge < -0.3 is 10.1 Å². The van der Waals surface area contributed by atoms with Crippen LogP contribution in [0.5, 0.6) is 0 Å². The number of carbonyl (C=O) groups excluding carboxylic acids is 1. The second-order valence-corrected chi connectivity index (χ2v) is 7.41. The molecule has 0 aliphatic heterocycles. The third-order valence-electron chi connectivity index (χ3n) is 5.39. The molecule has 0 saturated heterocycles. The molecule has 1 aromatic heterocycles. The Morgan fingerprint density at radius 1 is 1.10 bits per heavy atom. The van der Waals surface area contributed by atoms with Crippen molar-refractivity contribution in [2.45, 2.75) is 38.7 Å². The van der Waals surface area contributed by atoms with Crippen LogP contribution in [0.25, 0.3) is 5.69 Å². The van der Waals surface area contributed by atoms with Gasteiger partial charge in [0.15, 0.2) is 5.69 Å². The number of nitrogens with zero attached hydrogens (tertiary/aromatic N) is 2. The van der Waals surface area contributed by atoms with Crippen LogP contribution in [0.4, 0.5) is 0 Å². The number of hydrogen-bond donors (Lipinski definition) is 1. The fourth-order valence-electron chi connectivity index (χ4n) is 3.84. The summed E-state index contributed by atoms with van der Waals surface area (Å²) in [4.78, 5) is 12.7. The quantitative estimate of drug-likeness (QED) is 0.586. The lowest BCUT2D eigenvalue weighted by Crippen LogP contribution is -2.26. The minimum Gasteiger partial charge on any atom is -0.374 e. The van der Waals surface area contributed by atoms with E-state index in [0.29, 0.717) is 18.8 Å². The number of fused-ring (bicyclic) bond motifs is 1. The first-order valence-electron chi connectivity index (χ1n) is 10.3. The van der Waals surface area contributed by atoms with Crippen LogP contribution in [0.1, 0.15) is 53.2 Å². The van der Waals surface area contributed by atoms with E-state index < -0.39 is 0 Å². The zero-order chi connectivity index (χ0) is 20.1. The van der Waals surface area contributed by atoms with E-state index in [1.165, 1.54) is 11.3 Å². The largest absolute Gasteiger partial charge is 0.374 e. The average molecular weight is 389 g/mol. The fourth-order valence-corrected chi connectivity index (χ4v) is 3.84. The van der Waals surface area contributed by atoms with Crippen LogP contribution in [0.2, 0.25) is 0 Å². The minimum absolute atomic E-state index is 0.0525. The van der Waals surface area contributed by atoms with Crippen LogP contribution in [0, 0.1) is 0 Å². The summed E-state index contributed by atoms with van der Waals surface area (Å²) in [7, 11) is 0. The summed E-state index contributed by atoms with van der Waals surface area (Å²) in [6, 6.07) is 20.2. The molecule has 0 spiro atoms. The molecule has 0 unspecified atom stereocenters. The van der Waals surface area contributed by atoms with Crippen LogP contribution in [-0.2, 0) is 17.6 Å². The van der Waals surface area contributed by atoms with Gasteiger partial charge in [-0.2, -0.15) is 5.10 Å². The fraction of sp³-hybridized carbons (Fsp3) is 0.333. The average Bonchev–Trinajstić information content (AvgIpc) is 3.37. The maximum Gasteiger partial charge on any atom is 0.272 e. The maximum atomic E-state index is 12.7. The topological polar surface area (TPSA) is 56.1 Å². The molecule has 1 aliphatic rings. The summed E-state index contributed by atoms with van der Waals surface area (Å²) in [5.74, 6) is -0.0889. The summed E-state index contributed by atoms with van der Waals surface area (Å²) < 4.78 is 7.81. The number of carbonyl (C=O) groups is 1. The van der Waals surface area contributed by atoms with Crippen molar-refractivity contribution in [3.8, 4) is 5.69 Å². The third-order valence-corrected chi connectivity index (χ3v) is 5.39. The highest BCUT2D eigenvalue weighted by Gasteiger charge is 2.26. The number of rotatable bonds is 8. The van der Waals surface area contributed by atoms with Gasteiger partial charge in [-0.3, -0.25) is 4.79 Å². The highest BCUT2D eigenvalue weighted by Crippen LogP contribution is 2.27. The molecular formula is C24H27N3O2. The number of benzene rings is 2. The monoisotopic (exact) mass is 389 g/mol. The normalized spacial score (nSPS) is 13.8. The predicted octanol–water partition coefficient (Wildman–Crippen LogP) is 4.26. The highest BCUT2D eigenvalue weighted by atomic mass is 16.5. The van der Waals surface area contributed by atoms with Gasteiger partial charge in [-0.05, 0) is 50.3 Å². The zero-order valence-electron chi connectivity index (χ0n) is 16.8. The summed E-state index contributed by atoms with van der Waals surface area (Å²) >= 11 is 0. The lowest BCUT2D eigenvalue weighted by atomic mass is 10.1. The van der Waals surface area contributed by atoms with Crippen LogP contribution < -0.4 is 5.32 Å². The molecule has 150 valence electrons. The highest BCUT2D eigenvalue weighted by molar-refractivity contribution is 5.94. The molecule has 29 heavy (non-hydrogen) atoms. The zero-order valence-corrected chi connectivity index (χ0v) is 16.8. The smallest absolute Gasteiger partial charge is 0.272 e. The summed E-state index contributed by atoms with van der Waals surface area (Å²) in [6.07, 6.45) is 3.78. The third kappa shape index (κ3) is 4.40. The van der Waals surface area contributed by atoms with Crippen molar-refractivity contribution in [1.29, 1.82) is 0 Å². The van der Waals surface area contributed by atoms with Crippen LogP contribution in [0.3, 0.4) is 0 Å². The van der Waals surface area contributed by atoms with E-state index in [4.69, 9.17) is 4.74 Å². The molecule has 5 nitrogen and oxygen atoms in total. The number of amides is 1. The first-order valence-corrected chi connectivity index (χ1v) is 10.3. The van der Waals surface area contributed by atoms with Gasteiger partial charge in [-0.25, -0.2) is 4.68 Å². The van der Waals surface area contributed by atoms with E-state index in [0.717, 1.165) is 36.9 Å². The first-order chi connectivity index (χ1) is 14.2. The van der Waals surface area contributed by atoms with E-state index >= 15 is 0 Å². The Kier molecular flexibility index (Phi) is 6.06. The van der Waals surface area contributed by atoms with Crippen molar-refractivity contribution in [1.82, 2.24) is 15.1 Å². The lowest BCUT2D eigenvalue weighted by molar-refractivity contribution is 0.0634. The Hall–Kier alpha value is -2.92. The summed E-state index contributed by atoms with van der Waals surface area (Å²) in [5.41, 5.74) is 5.01. The molecule has 5 heteroatoms. The summed E-state index contributed by atoms with van der Waals surface area (Å²) in [6.45, 7) is 3.23. The molecule has 1 atom stereocenters. The van der Waals surface area contributed by atoms with E-state index in [1.54, 1.807) is 0 Å². The number of para-hydroxylation sites is 1. The van der Waals surface area contributed by atoms with Crippen molar-refractivity contribution in [3.05, 3.63) is 83.2 Å². The van der Waals surface area contributed by atoms with Gasteiger partial charge in [0.25, 0.3) is 5.91 Å². The van der Waals surface area contributed by atoms with E-state index in [2.05, 4.69) is 22.5 Å². The van der Waals surface area contributed by atoms with Crippen molar-refractivity contribution in [2.24, 2.45) is 0 Å². The lowest BCUT2D eigenvalue weighted by Gasteiger charge is -2.13. The van der Waals surface area contributed by atoms with Crippen molar-refractivity contribution >= 4 is 5.91 Å². The molecule has 1 heterocycles. The molecule has 1 amide bonds. The van der Waals surface area contributed by atoms with Gasteiger partial charge in [0.05, 0.1) is 11.8 Å². The van der Waals surface area contributed by atoms with Crippen molar-refractivity contribution < 1.29 is 9.53 Å². The molecule has 0 radical (unpaired) electrons. The van der Waals surface area contributed by atoms with E-state index in [9.17, 15) is 4.79 Å². The standard InChI is InChI=1S/C24H27N3O2/c1-18(19-10-4-2-5-11-19)29-17-9-16-25-24(28)23-21-14-8-15-22(21)27(26-23)20-12-6-3-7-13-20/h2-7,10-13,18H,8-9,14-17H2,1H3,(H,25,28)/t18-/m0/s1. The van der Waals surface area contributed by atoms with Gasteiger partial charge in [-0.15, -0.1) is 0 Å². The van der Waals surface area contributed by atoms with Crippen LogP contribution >= 0.6 is 0 Å². The molecule has 1 aliphatic carbocycles. The molecule has 0 bridgehead atoms. The molecule has 0 fully saturated rings. The van der Waals surface area contributed by atoms with E-state index in [-0.39, 0.29) is 12.0 Å². The molecule has 1 N–H and O–H groups in total. The Morgan fingerprint density at radius 2 is 1.83 bits per heavy atom.